The molecule has 0 saturated heterocycles. The highest BCUT2D eigenvalue weighted by molar-refractivity contribution is 5.63. The highest BCUT2D eigenvalue weighted by Gasteiger charge is 2.23. The van der Waals surface area contributed by atoms with Gasteiger partial charge in [0.15, 0.2) is 0 Å². The van der Waals surface area contributed by atoms with E-state index in [1.54, 1.807) is 30.6 Å². The van der Waals surface area contributed by atoms with Gasteiger partial charge in [-0.25, -0.2) is 4.98 Å². The molecule has 8 nitrogen and oxygen atoms in total. The number of fused-ring (bicyclic) bond motifs is 1. The van der Waals surface area contributed by atoms with Gasteiger partial charge < -0.3 is 5.32 Å². The van der Waals surface area contributed by atoms with E-state index in [1.807, 2.05) is 36.4 Å². The number of anilines is 1. The molecule has 28 heavy (non-hydrogen) atoms. The molecule has 0 atom stereocenters. The number of hydrogen-bond acceptors (Lipinski definition) is 6. The van der Waals surface area contributed by atoms with Gasteiger partial charge in [-0.15, -0.1) is 0 Å². The first kappa shape index (κ1) is 17.3. The third-order valence-electron chi connectivity index (χ3n) is 4.30. The minimum atomic E-state index is -0.718. The average molecular weight is 373 g/mol. The summed E-state index contributed by atoms with van der Waals surface area (Å²) in [5.41, 5.74) is 1.97. The molecule has 0 amide bonds. The van der Waals surface area contributed by atoms with E-state index in [0.717, 1.165) is 21.1 Å². The fraction of sp³-hybridized carbons (Fsp3) is 0.0500. The smallest absolute Gasteiger partial charge is 0.360 e. The lowest BCUT2D eigenvalue weighted by molar-refractivity contribution is -0.385. The van der Waals surface area contributed by atoms with E-state index in [1.165, 1.54) is 6.20 Å². The molecule has 0 aliphatic carbocycles. The topological polar surface area (TPSA) is 102 Å². The molecular weight excluding hydrogens is 358 g/mol. The Hall–Kier alpha value is -4.07. The lowest BCUT2D eigenvalue weighted by Crippen LogP contribution is -2.21. The van der Waals surface area contributed by atoms with Crippen molar-refractivity contribution in [3.8, 4) is 11.1 Å². The first-order valence-corrected chi connectivity index (χ1v) is 8.52. The summed E-state index contributed by atoms with van der Waals surface area (Å²) in [6.45, 7) is 0.295. The van der Waals surface area contributed by atoms with Gasteiger partial charge in [0.1, 0.15) is 5.65 Å². The van der Waals surface area contributed by atoms with E-state index in [4.69, 9.17) is 0 Å². The third kappa shape index (κ3) is 3.30. The molecule has 4 rings (SSSR count). The minimum Gasteiger partial charge on any atom is -0.360 e. The Bertz CT molecular complexity index is 1200. The van der Waals surface area contributed by atoms with Crippen molar-refractivity contribution >= 4 is 17.2 Å². The van der Waals surface area contributed by atoms with E-state index in [0.29, 0.717) is 12.2 Å². The Kier molecular flexibility index (Phi) is 4.51. The number of nitrogens with one attached hydrogen (secondary N) is 1. The largest absolute Gasteiger partial charge is 0.376 e. The van der Waals surface area contributed by atoms with Crippen LogP contribution in [0.4, 0.5) is 11.5 Å². The fourth-order valence-electron chi connectivity index (χ4n) is 2.90. The molecule has 4 aromatic rings. The molecule has 1 N–H and O–H groups in total. The Balaban J connectivity index is 1.61. The molecule has 0 aliphatic heterocycles. The zero-order chi connectivity index (χ0) is 19.5. The SMILES string of the molecule is O=c1c([N+](=O)[O-])c(NCc2ccc(-c3cccnc3)cc2)nc2ccccn12. The summed E-state index contributed by atoms with van der Waals surface area (Å²) in [6.07, 6.45) is 4.95. The van der Waals surface area contributed by atoms with Gasteiger partial charge in [-0.05, 0) is 34.9 Å². The van der Waals surface area contributed by atoms with Crippen LogP contribution in [-0.2, 0) is 6.54 Å². The Morgan fingerprint density at radius 3 is 2.57 bits per heavy atom. The zero-order valence-corrected chi connectivity index (χ0v) is 14.6. The van der Waals surface area contributed by atoms with E-state index in [2.05, 4.69) is 15.3 Å². The molecule has 0 bridgehead atoms. The van der Waals surface area contributed by atoms with Crippen LogP contribution in [0.3, 0.4) is 0 Å². The quantitative estimate of drug-likeness (QED) is 0.425. The van der Waals surface area contributed by atoms with Gasteiger partial charge in [-0.3, -0.25) is 24.3 Å². The summed E-state index contributed by atoms with van der Waals surface area (Å²) in [5, 5.41) is 14.3. The molecule has 0 fully saturated rings. The van der Waals surface area contributed by atoms with Crippen LogP contribution in [-0.4, -0.2) is 19.3 Å². The van der Waals surface area contributed by atoms with Gasteiger partial charge in [-0.2, -0.15) is 0 Å². The molecule has 138 valence electrons. The fourth-order valence-corrected chi connectivity index (χ4v) is 2.90. The summed E-state index contributed by atoms with van der Waals surface area (Å²) >= 11 is 0. The molecule has 1 aromatic carbocycles. The van der Waals surface area contributed by atoms with E-state index in [-0.39, 0.29) is 5.82 Å². The molecule has 3 heterocycles. The number of nitrogens with zero attached hydrogens (tertiary/aromatic N) is 4. The van der Waals surface area contributed by atoms with Crippen LogP contribution >= 0.6 is 0 Å². The summed E-state index contributed by atoms with van der Waals surface area (Å²) < 4.78 is 1.16. The van der Waals surface area contributed by atoms with Gasteiger partial charge in [0.2, 0.25) is 5.82 Å². The van der Waals surface area contributed by atoms with Crippen molar-refractivity contribution in [1.29, 1.82) is 0 Å². The van der Waals surface area contributed by atoms with Crippen molar-refractivity contribution in [3.63, 3.8) is 0 Å². The van der Waals surface area contributed by atoms with E-state index >= 15 is 0 Å². The first-order valence-electron chi connectivity index (χ1n) is 8.52. The lowest BCUT2D eigenvalue weighted by Gasteiger charge is -2.09. The predicted molar refractivity (Wildman–Crippen MR) is 105 cm³/mol. The maximum Gasteiger partial charge on any atom is 0.376 e. The van der Waals surface area contributed by atoms with Crippen molar-refractivity contribution in [2.75, 3.05) is 5.32 Å². The molecule has 0 aliphatic rings. The summed E-state index contributed by atoms with van der Waals surface area (Å²) in [7, 11) is 0. The summed E-state index contributed by atoms with van der Waals surface area (Å²) in [4.78, 5) is 31.5. The van der Waals surface area contributed by atoms with E-state index in [9.17, 15) is 14.9 Å². The second-order valence-corrected chi connectivity index (χ2v) is 6.09. The number of aromatic nitrogens is 3. The van der Waals surface area contributed by atoms with Crippen LogP contribution < -0.4 is 10.9 Å². The Labute approximate surface area is 159 Å². The van der Waals surface area contributed by atoms with Crippen molar-refractivity contribution in [1.82, 2.24) is 14.4 Å². The number of hydrogen-bond donors (Lipinski definition) is 1. The van der Waals surface area contributed by atoms with Gasteiger partial charge in [0.25, 0.3) is 0 Å². The molecule has 0 radical (unpaired) electrons. The zero-order valence-electron chi connectivity index (χ0n) is 14.6. The standard InChI is InChI=1S/C20H15N5O3/c26-20-18(25(27)28)19(23-17-5-1-2-11-24(17)20)22-12-14-6-8-15(9-7-14)16-4-3-10-21-13-16/h1-11,13,22H,12H2. The van der Waals surface area contributed by atoms with Crippen molar-refractivity contribution in [2.24, 2.45) is 0 Å². The Morgan fingerprint density at radius 2 is 1.86 bits per heavy atom. The van der Waals surface area contributed by atoms with Gasteiger partial charge in [0.05, 0.1) is 4.92 Å². The maximum atomic E-state index is 12.4. The van der Waals surface area contributed by atoms with Crippen LogP contribution in [0.25, 0.3) is 16.8 Å². The monoisotopic (exact) mass is 373 g/mol. The number of rotatable bonds is 5. The highest BCUT2D eigenvalue weighted by Crippen LogP contribution is 2.21. The third-order valence-corrected chi connectivity index (χ3v) is 4.30. The highest BCUT2D eigenvalue weighted by atomic mass is 16.6. The van der Waals surface area contributed by atoms with Crippen LogP contribution in [0.5, 0.6) is 0 Å². The van der Waals surface area contributed by atoms with Crippen LogP contribution in [0.1, 0.15) is 5.56 Å². The van der Waals surface area contributed by atoms with Gasteiger partial charge >= 0.3 is 11.2 Å². The second kappa shape index (κ2) is 7.28. The number of benzene rings is 1. The van der Waals surface area contributed by atoms with Gasteiger partial charge in [0, 0.05) is 25.1 Å². The molecular formula is C20H15N5O3. The lowest BCUT2D eigenvalue weighted by atomic mass is 10.1. The van der Waals surface area contributed by atoms with Crippen LogP contribution in [0.2, 0.25) is 0 Å². The predicted octanol–water partition coefficient (Wildman–Crippen LogP) is 3.28. The average Bonchev–Trinajstić information content (AvgIpc) is 2.73. The van der Waals surface area contributed by atoms with Crippen molar-refractivity contribution < 1.29 is 4.92 Å². The molecule has 3 aromatic heterocycles. The summed E-state index contributed by atoms with van der Waals surface area (Å²) in [5.74, 6) is -0.0439. The molecule has 0 unspecified atom stereocenters. The molecule has 0 spiro atoms. The van der Waals surface area contributed by atoms with Crippen LogP contribution in [0.15, 0.2) is 78.0 Å². The first-order chi connectivity index (χ1) is 13.6. The van der Waals surface area contributed by atoms with Crippen LogP contribution in [0, 0.1) is 10.1 Å². The second-order valence-electron chi connectivity index (χ2n) is 6.09. The number of nitro groups is 1. The normalized spacial score (nSPS) is 10.7. The summed E-state index contributed by atoms with van der Waals surface area (Å²) in [6, 6.07) is 16.5. The minimum absolute atomic E-state index is 0.0439. The molecule has 8 heteroatoms. The van der Waals surface area contributed by atoms with E-state index < -0.39 is 16.2 Å². The van der Waals surface area contributed by atoms with Crippen molar-refractivity contribution in [3.05, 3.63) is 99.2 Å². The number of pyridine rings is 2. The maximum absolute atomic E-state index is 12.4. The van der Waals surface area contributed by atoms with Crippen molar-refractivity contribution in [2.45, 2.75) is 6.54 Å². The van der Waals surface area contributed by atoms with Gasteiger partial charge in [-0.1, -0.05) is 36.4 Å². The Morgan fingerprint density at radius 1 is 1.04 bits per heavy atom. The molecule has 0 saturated carbocycles.